The molecule has 9 heteroatoms. The normalized spacial score (nSPS) is 22.3. The molecule has 1 aromatic heterocycles. The highest BCUT2D eigenvalue weighted by atomic mass is 32.2. The molecule has 1 aliphatic heterocycles. The second kappa shape index (κ2) is 7.84. The number of ether oxygens (including phenoxy) is 1. The van der Waals surface area contributed by atoms with Crippen molar-refractivity contribution in [2.75, 3.05) is 25.4 Å². The molecule has 0 aromatic carbocycles. The summed E-state index contributed by atoms with van der Waals surface area (Å²) < 4.78 is 37.1. The van der Waals surface area contributed by atoms with E-state index in [1.54, 1.807) is 6.92 Å². The number of rotatable bonds is 6. The largest absolute Gasteiger partial charge is 0.373 e. The van der Waals surface area contributed by atoms with E-state index in [2.05, 4.69) is 10.5 Å². The van der Waals surface area contributed by atoms with Crippen molar-refractivity contribution in [1.82, 2.24) is 14.8 Å². The van der Waals surface area contributed by atoms with Gasteiger partial charge < -0.3 is 14.6 Å². The van der Waals surface area contributed by atoms with Gasteiger partial charge in [-0.05, 0) is 20.8 Å². The molecule has 1 fully saturated rings. The van der Waals surface area contributed by atoms with Gasteiger partial charge in [0.25, 0.3) is 5.91 Å². The summed E-state index contributed by atoms with van der Waals surface area (Å²) in [6.07, 6.45) is -0.275. The van der Waals surface area contributed by atoms with E-state index in [9.17, 15) is 13.2 Å². The fraction of sp³-hybridized carbons (Fsp3) is 0.750. The van der Waals surface area contributed by atoms with Crippen LogP contribution in [-0.4, -0.2) is 61.4 Å². The lowest BCUT2D eigenvalue weighted by molar-refractivity contribution is -0.0440. The Balaban J connectivity index is 1.96. The molecule has 25 heavy (non-hydrogen) atoms. The van der Waals surface area contributed by atoms with Crippen molar-refractivity contribution in [2.24, 2.45) is 0 Å². The molecule has 1 amide bonds. The Hall–Kier alpha value is -1.45. The van der Waals surface area contributed by atoms with Crippen molar-refractivity contribution < 1.29 is 22.5 Å². The molecule has 2 unspecified atom stereocenters. The first kappa shape index (κ1) is 19.9. The molecule has 142 valence electrons. The first-order valence-electron chi connectivity index (χ1n) is 8.49. The van der Waals surface area contributed by atoms with E-state index < -0.39 is 10.0 Å². The van der Waals surface area contributed by atoms with Crippen LogP contribution >= 0.6 is 0 Å². The van der Waals surface area contributed by atoms with Crippen LogP contribution in [0.4, 0.5) is 0 Å². The van der Waals surface area contributed by atoms with Gasteiger partial charge in [0.05, 0.1) is 23.7 Å². The first-order valence-corrected chi connectivity index (χ1v) is 10.1. The van der Waals surface area contributed by atoms with E-state index in [0.29, 0.717) is 30.1 Å². The number of hydrogen-bond acceptors (Lipinski definition) is 6. The van der Waals surface area contributed by atoms with E-state index >= 15 is 0 Å². The predicted molar refractivity (Wildman–Crippen MR) is 93.0 cm³/mol. The van der Waals surface area contributed by atoms with E-state index in [1.165, 1.54) is 4.31 Å². The molecular weight excluding hydrogens is 346 g/mol. The summed E-state index contributed by atoms with van der Waals surface area (Å²) in [7, 11) is -3.45. The summed E-state index contributed by atoms with van der Waals surface area (Å²) in [5.41, 5.74) is 0.890. The molecule has 0 saturated carbocycles. The van der Waals surface area contributed by atoms with Gasteiger partial charge in [0.15, 0.2) is 5.76 Å². The molecule has 0 radical (unpaired) electrons. The highest BCUT2D eigenvalue weighted by Gasteiger charge is 2.31. The molecule has 2 heterocycles. The number of carbonyl (C=O) groups is 1. The standard InChI is InChI=1S/C16H27N3O5S/c1-10(2)15-14(13(5)18-24-15)16(20)17-6-7-25(21,22)19-8-11(3)23-12(4)9-19/h10-12H,6-9H2,1-5H3,(H,17,20). The van der Waals surface area contributed by atoms with Crippen LogP contribution in [0, 0.1) is 6.92 Å². The highest BCUT2D eigenvalue weighted by molar-refractivity contribution is 7.89. The van der Waals surface area contributed by atoms with E-state index in [-0.39, 0.29) is 36.3 Å². The van der Waals surface area contributed by atoms with Crippen LogP contribution in [0.2, 0.25) is 0 Å². The summed E-state index contributed by atoms with van der Waals surface area (Å²) in [5, 5.41) is 6.49. The molecule has 0 bridgehead atoms. The Labute approximate surface area is 148 Å². The van der Waals surface area contributed by atoms with E-state index in [0.717, 1.165) is 0 Å². The molecule has 1 saturated heterocycles. The average Bonchev–Trinajstić information content (AvgIpc) is 2.88. The quantitative estimate of drug-likeness (QED) is 0.806. The van der Waals surface area contributed by atoms with Gasteiger partial charge in [0.2, 0.25) is 10.0 Å². The first-order chi connectivity index (χ1) is 11.6. The van der Waals surface area contributed by atoms with E-state index in [4.69, 9.17) is 9.26 Å². The molecule has 8 nitrogen and oxygen atoms in total. The monoisotopic (exact) mass is 373 g/mol. The van der Waals surface area contributed by atoms with Crippen molar-refractivity contribution in [1.29, 1.82) is 0 Å². The van der Waals surface area contributed by atoms with Gasteiger partial charge in [0, 0.05) is 25.6 Å². The zero-order chi connectivity index (χ0) is 18.8. The Morgan fingerprint density at radius 2 is 1.92 bits per heavy atom. The van der Waals surface area contributed by atoms with Crippen molar-refractivity contribution >= 4 is 15.9 Å². The van der Waals surface area contributed by atoms with Crippen LogP contribution in [-0.2, 0) is 14.8 Å². The van der Waals surface area contributed by atoms with Gasteiger partial charge >= 0.3 is 0 Å². The minimum absolute atomic E-state index is 0.0157. The number of aryl methyl sites for hydroxylation is 1. The number of aromatic nitrogens is 1. The number of amides is 1. The maximum atomic E-state index is 12.5. The highest BCUT2D eigenvalue weighted by Crippen LogP contribution is 2.22. The van der Waals surface area contributed by atoms with Gasteiger partial charge in [-0.2, -0.15) is 4.31 Å². The van der Waals surface area contributed by atoms with Crippen LogP contribution in [0.1, 0.15) is 55.4 Å². The topological polar surface area (TPSA) is 102 Å². The third-order valence-corrected chi connectivity index (χ3v) is 5.87. The lowest BCUT2D eigenvalue weighted by Crippen LogP contribution is -2.49. The van der Waals surface area contributed by atoms with Crippen LogP contribution < -0.4 is 5.32 Å². The van der Waals surface area contributed by atoms with Crippen molar-refractivity contribution in [3.63, 3.8) is 0 Å². The van der Waals surface area contributed by atoms with Crippen LogP contribution in [0.5, 0.6) is 0 Å². The number of morpholine rings is 1. The van der Waals surface area contributed by atoms with E-state index in [1.807, 2.05) is 27.7 Å². The molecular formula is C16H27N3O5S. The summed E-state index contributed by atoms with van der Waals surface area (Å²) in [6.45, 7) is 9.90. The molecule has 2 rings (SSSR count). The smallest absolute Gasteiger partial charge is 0.256 e. The Morgan fingerprint density at radius 1 is 1.32 bits per heavy atom. The summed E-state index contributed by atoms with van der Waals surface area (Å²) >= 11 is 0. The second-order valence-electron chi connectivity index (χ2n) is 6.81. The maximum absolute atomic E-state index is 12.5. The summed E-state index contributed by atoms with van der Waals surface area (Å²) in [5.74, 6) is 0.0107. The maximum Gasteiger partial charge on any atom is 0.256 e. The minimum Gasteiger partial charge on any atom is -0.373 e. The molecule has 1 aromatic rings. The lowest BCUT2D eigenvalue weighted by atomic mass is 10.0. The fourth-order valence-electron chi connectivity index (χ4n) is 2.93. The minimum atomic E-state index is -3.45. The SMILES string of the molecule is Cc1noc(C(C)C)c1C(=O)NCCS(=O)(=O)N1CC(C)OC(C)C1. The van der Waals surface area contributed by atoms with Gasteiger partial charge in [0.1, 0.15) is 5.56 Å². The van der Waals surface area contributed by atoms with Gasteiger partial charge in [-0.3, -0.25) is 4.79 Å². The zero-order valence-corrected chi connectivity index (χ0v) is 16.2. The number of nitrogens with zero attached hydrogens (tertiary/aromatic N) is 2. The number of sulfonamides is 1. The Morgan fingerprint density at radius 3 is 2.48 bits per heavy atom. The van der Waals surface area contributed by atoms with Gasteiger partial charge in [-0.25, -0.2) is 8.42 Å². The van der Waals surface area contributed by atoms with Gasteiger partial charge in [-0.1, -0.05) is 19.0 Å². The second-order valence-corrected chi connectivity index (χ2v) is 8.90. The van der Waals surface area contributed by atoms with Crippen molar-refractivity contribution in [2.45, 2.75) is 52.7 Å². The number of hydrogen-bond donors (Lipinski definition) is 1. The number of nitrogens with one attached hydrogen (secondary N) is 1. The molecule has 1 N–H and O–H groups in total. The number of carbonyl (C=O) groups excluding carboxylic acids is 1. The van der Waals surface area contributed by atoms with Crippen molar-refractivity contribution in [3.05, 3.63) is 17.0 Å². The summed E-state index contributed by atoms with van der Waals surface area (Å²) in [6, 6.07) is 0. The van der Waals surface area contributed by atoms with Gasteiger partial charge in [-0.15, -0.1) is 0 Å². The third kappa shape index (κ3) is 4.80. The average molecular weight is 373 g/mol. The van der Waals surface area contributed by atoms with Crippen LogP contribution in [0.15, 0.2) is 4.52 Å². The Kier molecular flexibility index (Phi) is 6.23. The molecule has 0 spiro atoms. The lowest BCUT2D eigenvalue weighted by Gasteiger charge is -2.34. The fourth-order valence-corrected chi connectivity index (χ4v) is 4.42. The predicted octanol–water partition coefficient (Wildman–Crippen LogP) is 1.28. The van der Waals surface area contributed by atoms with Crippen molar-refractivity contribution in [3.8, 4) is 0 Å². The zero-order valence-electron chi connectivity index (χ0n) is 15.4. The Bertz CT molecular complexity index is 703. The molecule has 1 aliphatic rings. The summed E-state index contributed by atoms with van der Waals surface area (Å²) in [4.78, 5) is 12.4. The molecule has 2 atom stereocenters. The molecule has 0 aliphatic carbocycles. The van der Waals surface area contributed by atoms with Crippen LogP contribution in [0.25, 0.3) is 0 Å². The van der Waals surface area contributed by atoms with Crippen LogP contribution in [0.3, 0.4) is 0 Å². The third-order valence-electron chi connectivity index (χ3n) is 4.07.